The fraction of sp³-hybridized carbons (Fsp3) is 0.600. The Balaban J connectivity index is 2.09. The third-order valence-electron chi connectivity index (χ3n) is 3.52. The molecule has 2 N–H and O–H groups in total. The monoisotopic (exact) mass is 276 g/mol. The number of pyridine rings is 1. The van der Waals surface area contributed by atoms with Crippen LogP contribution in [0.2, 0.25) is 0 Å². The lowest BCUT2D eigenvalue weighted by Crippen LogP contribution is -2.45. The van der Waals surface area contributed by atoms with Gasteiger partial charge >= 0.3 is 0 Å². The zero-order valence-electron chi connectivity index (χ0n) is 12.4. The summed E-state index contributed by atoms with van der Waals surface area (Å²) in [6.45, 7) is 4.00. The first-order chi connectivity index (χ1) is 9.72. The van der Waals surface area contributed by atoms with Gasteiger partial charge in [-0.05, 0) is 31.4 Å². The first kappa shape index (κ1) is 14.8. The molecule has 0 atom stereocenters. The fourth-order valence-corrected chi connectivity index (χ4v) is 2.44. The molecule has 0 unspecified atom stereocenters. The summed E-state index contributed by atoms with van der Waals surface area (Å²) in [6, 6.07) is 3.70. The maximum Gasteiger partial charge on any atom is 0.265 e. The van der Waals surface area contributed by atoms with Gasteiger partial charge < -0.3 is 5.32 Å². The van der Waals surface area contributed by atoms with E-state index >= 15 is 0 Å². The Kier molecular flexibility index (Phi) is 5.35. The first-order valence-corrected chi connectivity index (χ1v) is 7.47. The number of amides is 1. The van der Waals surface area contributed by atoms with E-state index in [1.807, 2.05) is 18.1 Å². The summed E-state index contributed by atoms with van der Waals surface area (Å²) < 4.78 is 0. The lowest BCUT2D eigenvalue weighted by atomic mass is 10.1. The number of nitrogens with one attached hydrogen (secondary N) is 2. The van der Waals surface area contributed by atoms with Crippen molar-refractivity contribution in [2.24, 2.45) is 0 Å². The third-order valence-corrected chi connectivity index (χ3v) is 3.52. The third kappa shape index (κ3) is 3.93. The summed E-state index contributed by atoms with van der Waals surface area (Å²) in [5.41, 5.74) is 4.63. The van der Waals surface area contributed by atoms with Crippen molar-refractivity contribution < 1.29 is 4.79 Å². The molecule has 1 fully saturated rings. The zero-order valence-corrected chi connectivity index (χ0v) is 12.4. The van der Waals surface area contributed by atoms with Gasteiger partial charge in [0.2, 0.25) is 0 Å². The molecule has 0 aromatic carbocycles. The molecule has 0 aliphatic carbocycles. The molecule has 2 rings (SSSR count). The molecule has 2 heterocycles. The van der Waals surface area contributed by atoms with Crippen LogP contribution in [0.25, 0.3) is 0 Å². The summed E-state index contributed by atoms with van der Waals surface area (Å²) in [6.07, 6.45) is 5.47. The minimum Gasteiger partial charge on any atom is -0.373 e. The van der Waals surface area contributed by atoms with Crippen LogP contribution in [0, 0.1) is 0 Å². The molecule has 20 heavy (non-hydrogen) atoms. The summed E-state index contributed by atoms with van der Waals surface area (Å²) >= 11 is 0. The Labute approximate surface area is 120 Å². The van der Waals surface area contributed by atoms with Gasteiger partial charge in [-0.3, -0.25) is 10.2 Å². The minimum atomic E-state index is -0.0387. The normalized spacial score (nSPS) is 15.9. The van der Waals surface area contributed by atoms with Crippen molar-refractivity contribution in [2.45, 2.75) is 39.0 Å². The smallest absolute Gasteiger partial charge is 0.265 e. The van der Waals surface area contributed by atoms with Gasteiger partial charge in [0.05, 0.1) is 0 Å². The molecule has 1 saturated heterocycles. The molecule has 5 nitrogen and oxygen atoms in total. The predicted octanol–water partition coefficient (Wildman–Crippen LogP) is 2.21. The van der Waals surface area contributed by atoms with Crippen LogP contribution in [-0.2, 0) is 6.42 Å². The van der Waals surface area contributed by atoms with Gasteiger partial charge in [0, 0.05) is 31.4 Å². The number of carbonyl (C=O) groups is 1. The molecule has 0 bridgehead atoms. The highest BCUT2D eigenvalue weighted by atomic mass is 16.2. The van der Waals surface area contributed by atoms with Crippen molar-refractivity contribution in [3.63, 3.8) is 0 Å². The van der Waals surface area contributed by atoms with E-state index in [4.69, 9.17) is 0 Å². The predicted molar refractivity (Wildman–Crippen MR) is 80.7 cm³/mol. The molecule has 1 aliphatic rings. The number of carbonyl (C=O) groups excluding carboxylic acids is 1. The van der Waals surface area contributed by atoms with Crippen molar-refractivity contribution in [3.8, 4) is 0 Å². The highest BCUT2D eigenvalue weighted by molar-refractivity contribution is 5.94. The number of piperidine rings is 1. The second-order valence-electron chi connectivity index (χ2n) is 5.22. The largest absolute Gasteiger partial charge is 0.373 e. The van der Waals surface area contributed by atoms with Crippen LogP contribution in [0.15, 0.2) is 12.1 Å². The molecule has 0 radical (unpaired) electrons. The van der Waals surface area contributed by atoms with Crippen molar-refractivity contribution >= 4 is 11.7 Å². The quantitative estimate of drug-likeness (QED) is 0.865. The van der Waals surface area contributed by atoms with Crippen molar-refractivity contribution in [2.75, 3.05) is 25.5 Å². The lowest BCUT2D eigenvalue weighted by Gasteiger charge is -2.26. The molecule has 1 amide bonds. The maximum atomic E-state index is 12.3. The lowest BCUT2D eigenvalue weighted by molar-refractivity contribution is 0.0750. The van der Waals surface area contributed by atoms with E-state index in [1.165, 1.54) is 6.42 Å². The number of aryl methyl sites for hydroxylation is 1. The van der Waals surface area contributed by atoms with Crippen LogP contribution >= 0.6 is 0 Å². The van der Waals surface area contributed by atoms with Gasteiger partial charge in [0.15, 0.2) is 0 Å². The molecule has 1 aromatic heterocycles. The molecule has 0 saturated carbocycles. The Morgan fingerprint density at radius 1 is 1.30 bits per heavy atom. The molecule has 0 spiro atoms. The van der Waals surface area contributed by atoms with Crippen LogP contribution in [0.3, 0.4) is 0 Å². The van der Waals surface area contributed by atoms with Crippen molar-refractivity contribution in [1.29, 1.82) is 0 Å². The van der Waals surface area contributed by atoms with E-state index in [-0.39, 0.29) is 5.91 Å². The summed E-state index contributed by atoms with van der Waals surface area (Å²) in [4.78, 5) is 16.8. The van der Waals surface area contributed by atoms with Gasteiger partial charge in [-0.2, -0.15) is 0 Å². The molecule has 1 aromatic rings. The summed E-state index contributed by atoms with van der Waals surface area (Å²) in [5, 5.41) is 5.04. The molecule has 110 valence electrons. The van der Waals surface area contributed by atoms with E-state index in [9.17, 15) is 4.79 Å². The number of anilines is 1. The Morgan fingerprint density at radius 2 is 2.05 bits per heavy atom. The van der Waals surface area contributed by atoms with E-state index in [0.717, 1.165) is 50.3 Å². The number of nitrogens with zero attached hydrogens (tertiary/aromatic N) is 2. The van der Waals surface area contributed by atoms with Gasteiger partial charge in [-0.25, -0.2) is 9.99 Å². The SMILES string of the molecule is CCCc1cc(C(=O)NN2CCCCC2)cc(NC)n1. The number of hydrogen-bond donors (Lipinski definition) is 2. The molecule has 5 heteroatoms. The van der Waals surface area contributed by atoms with Crippen molar-refractivity contribution in [1.82, 2.24) is 15.4 Å². The van der Waals surface area contributed by atoms with Gasteiger partial charge in [0.1, 0.15) is 5.82 Å². The van der Waals surface area contributed by atoms with E-state index < -0.39 is 0 Å². The van der Waals surface area contributed by atoms with Crippen LogP contribution < -0.4 is 10.7 Å². The summed E-state index contributed by atoms with van der Waals surface area (Å²) in [5.74, 6) is 0.711. The minimum absolute atomic E-state index is 0.0387. The highest BCUT2D eigenvalue weighted by Crippen LogP contribution is 2.13. The fourth-order valence-electron chi connectivity index (χ4n) is 2.44. The van der Waals surface area contributed by atoms with E-state index in [1.54, 1.807) is 6.07 Å². The molecular formula is C15H24N4O. The summed E-state index contributed by atoms with van der Waals surface area (Å²) in [7, 11) is 1.82. The number of aromatic nitrogens is 1. The Hall–Kier alpha value is -1.62. The second-order valence-corrected chi connectivity index (χ2v) is 5.22. The van der Waals surface area contributed by atoms with Gasteiger partial charge in [-0.15, -0.1) is 0 Å². The average molecular weight is 276 g/mol. The standard InChI is InChI=1S/C15H24N4O/c1-3-7-13-10-12(11-14(16-2)17-13)15(20)18-19-8-5-4-6-9-19/h10-11H,3-9H2,1-2H3,(H,16,17)(H,18,20). The highest BCUT2D eigenvalue weighted by Gasteiger charge is 2.15. The molecule has 1 aliphatic heterocycles. The Morgan fingerprint density at radius 3 is 2.70 bits per heavy atom. The topological polar surface area (TPSA) is 57.3 Å². The maximum absolute atomic E-state index is 12.3. The van der Waals surface area contributed by atoms with E-state index in [0.29, 0.717) is 5.56 Å². The van der Waals surface area contributed by atoms with Crippen LogP contribution in [0.4, 0.5) is 5.82 Å². The van der Waals surface area contributed by atoms with Gasteiger partial charge in [-0.1, -0.05) is 19.8 Å². The van der Waals surface area contributed by atoms with Gasteiger partial charge in [0.25, 0.3) is 5.91 Å². The number of hydrogen-bond acceptors (Lipinski definition) is 4. The Bertz CT molecular complexity index is 455. The zero-order chi connectivity index (χ0) is 14.4. The van der Waals surface area contributed by atoms with Crippen molar-refractivity contribution in [3.05, 3.63) is 23.4 Å². The van der Waals surface area contributed by atoms with Crippen LogP contribution in [-0.4, -0.2) is 36.0 Å². The average Bonchev–Trinajstić information content (AvgIpc) is 2.48. The molecular weight excluding hydrogens is 252 g/mol. The van der Waals surface area contributed by atoms with E-state index in [2.05, 4.69) is 22.7 Å². The first-order valence-electron chi connectivity index (χ1n) is 7.47. The second kappa shape index (κ2) is 7.24. The van der Waals surface area contributed by atoms with Crippen LogP contribution in [0.1, 0.15) is 48.7 Å². The van der Waals surface area contributed by atoms with Crippen LogP contribution in [0.5, 0.6) is 0 Å². The number of hydrazine groups is 1. The number of rotatable bonds is 5.